The van der Waals surface area contributed by atoms with Crippen molar-refractivity contribution < 1.29 is 17.9 Å². The Balaban J connectivity index is 1.79. The average Bonchev–Trinajstić information content (AvgIpc) is 2.95. The van der Waals surface area contributed by atoms with Crippen molar-refractivity contribution in [2.45, 2.75) is 11.4 Å². The normalized spacial score (nSPS) is 13.4. The zero-order valence-electron chi connectivity index (χ0n) is 11.2. The molecule has 2 aromatic carbocycles. The van der Waals surface area contributed by atoms with Crippen molar-refractivity contribution in [3.63, 3.8) is 0 Å². The van der Waals surface area contributed by atoms with E-state index >= 15 is 0 Å². The number of sulfonamides is 1. The Kier molecular flexibility index (Phi) is 4.44. The number of hydrogen-bond acceptors (Lipinski definition) is 4. The second-order valence-electron chi connectivity index (χ2n) is 4.59. The van der Waals surface area contributed by atoms with E-state index in [1.807, 2.05) is 0 Å². The van der Waals surface area contributed by atoms with Crippen LogP contribution in [0.4, 0.5) is 0 Å². The van der Waals surface area contributed by atoms with Crippen molar-refractivity contribution in [1.82, 2.24) is 4.72 Å². The van der Waals surface area contributed by atoms with Gasteiger partial charge in [0.25, 0.3) is 0 Å². The van der Waals surface area contributed by atoms with Crippen molar-refractivity contribution in [3.8, 4) is 11.5 Å². The van der Waals surface area contributed by atoms with Gasteiger partial charge in [-0.1, -0.05) is 22.0 Å². The Bertz CT molecular complexity index is 824. The van der Waals surface area contributed by atoms with Crippen molar-refractivity contribution in [2.75, 3.05) is 6.79 Å². The lowest BCUT2D eigenvalue weighted by molar-refractivity contribution is 0.174. The highest BCUT2D eigenvalue weighted by Gasteiger charge is 2.19. The molecule has 0 fully saturated rings. The summed E-state index contributed by atoms with van der Waals surface area (Å²) >= 11 is 6.53. The number of halogens is 2. The Morgan fingerprint density at radius 2 is 1.82 bits per heavy atom. The number of ether oxygens (including phenoxy) is 2. The van der Waals surface area contributed by atoms with E-state index in [-0.39, 0.29) is 18.2 Å². The molecule has 0 saturated heterocycles. The molecule has 0 bridgehead atoms. The second-order valence-corrected chi connectivity index (χ2v) is 8.09. The zero-order chi connectivity index (χ0) is 15.7. The Morgan fingerprint density at radius 1 is 1.05 bits per heavy atom. The topological polar surface area (TPSA) is 64.6 Å². The van der Waals surface area contributed by atoms with Crippen LogP contribution in [-0.2, 0) is 16.6 Å². The molecule has 2 aromatic rings. The summed E-state index contributed by atoms with van der Waals surface area (Å²) in [5.74, 6) is 1.29. The lowest BCUT2D eigenvalue weighted by Gasteiger charge is -2.09. The van der Waals surface area contributed by atoms with E-state index in [1.165, 1.54) is 0 Å². The van der Waals surface area contributed by atoms with Gasteiger partial charge in [-0.2, -0.15) is 0 Å². The summed E-state index contributed by atoms with van der Waals surface area (Å²) in [7, 11) is -3.62. The van der Waals surface area contributed by atoms with Gasteiger partial charge < -0.3 is 9.47 Å². The largest absolute Gasteiger partial charge is 0.454 e. The number of rotatable bonds is 4. The van der Waals surface area contributed by atoms with Crippen LogP contribution in [0.3, 0.4) is 0 Å². The molecule has 0 atom stereocenters. The maximum absolute atomic E-state index is 12.4. The first-order valence-corrected chi connectivity index (χ1v) is 9.36. The monoisotopic (exact) mass is 447 g/mol. The molecule has 0 spiro atoms. The van der Waals surface area contributed by atoms with Gasteiger partial charge in [-0.25, -0.2) is 13.1 Å². The van der Waals surface area contributed by atoms with Crippen molar-refractivity contribution in [2.24, 2.45) is 0 Å². The highest BCUT2D eigenvalue weighted by Crippen LogP contribution is 2.32. The van der Waals surface area contributed by atoms with Gasteiger partial charge in [0, 0.05) is 15.5 Å². The van der Waals surface area contributed by atoms with Gasteiger partial charge in [-0.05, 0) is 51.8 Å². The van der Waals surface area contributed by atoms with E-state index in [0.29, 0.717) is 20.4 Å². The first-order valence-electron chi connectivity index (χ1n) is 6.29. The molecule has 1 heterocycles. The van der Waals surface area contributed by atoms with E-state index in [2.05, 4.69) is 36.6 Å². The summed E-state index contributed by atoms with van der Waals surface area (Å²) in [6.45, 7) is 0.355. The molecule has 1 N–H and O–H groups in total. The van der Waals surface area contributed by atoms with Crippen LogP contribution in [0.1, 0.15) is 5.56 Å². The molecule has 0 saturated carbocycles. The van der Waals surface area contributed by atoms with E-state index in [9.17, 15) is 8.42 Å². The van der Waals surface area contributed by atoms with Gasteiger partial charge in [-0.3, -0.25) is 0 Å². The van der Waals surface area contributed by atoms with Gasteiger partial charge in [0.15, 0.2) is 11.5 Å². The van der Waals surface area contributed by atoms with Crippen LogP contribution in [0.15, 0.2) is 50.2 Å². The maximum atomic E-state index is 12.4. The predicted molar refractivity (Wildman–Crippen MR) is 88.4 cm³/mol. The third kappa shape index (κ3) is 3.29. The molecule has 0 unspecified atom stereocenters. The highest BCUT2D eigenvalue weighted by atomic mass is 79.9. The minimum atomic E-state index is -3.62. The minimum Gasteiger partial charge on any atom is -0.454 e. The lowest BCUT2D eigenvalue weighted by Crippen LogP contribution is -2.23. The van der Waals surface area contributed by atoms with Gasteiger partial charge in [0.1, 0.15) is 0 Å². The van der Waals surface area contributed by atoms with Crippen LogP contribution in [0.2, 0.25) is 0 Å². The Hall–Kier alpha value is -1.09. The summed E-state index contributed by atoms with van der Waals surface area (Å²) < 4.78 is 39.1. The molecular weight excluding hydrogens is 438 g/mol. The van der Waals surface area contributed by atoms with Crippen molar-refractivity contribution in [3.05, 3.63) is 50.9 Å². The van der Waals surface area contributed by atoms with Gasteiger partial charge in [0.2, 0.25) is 16.8 Å². The highest BCUT2D eigenvalue weighted by molar-refractivity contribution is 9.11. The van der Waals surface area contributed by atoms with E-state index in [4.69, 9.17) is 9.47 Å². The van der Waals surface area contributed by atoms with Crippen molar-refractivity contribution >= 4 is 41.9 Å². The third-order valence-electron chi connectivity index (χ3n) is 3.09. The maximum Gasteiger partial charge on any atom is 0.242 e. The summed E-state index contributed by atoms with van der Waals surface area (Å²) in [6.07, 6.45) is 0. The lowest BCUT2D eigenvalue weighted by atomic mass is 10.2. The third-order valence-corrected chi connectivity index (χ3v) is 5.97. The van der Waals surface area contributed by atoms with Gasteiger partial charge in [-0.15, -0.1) is 0 Å². The van der Waals surface area contributed by atoms with E-state index in [1.54, 1.807) is 36.4 Å². The van der Waals surface area contributed by atoms with Crippen LogP contribution < -0.4 is 14.2 Å². The minimum absolute atomic E-state index is 0.165. The molecule has 0 aromatic heterocycles. The summed E-state index contributed by atoms with van der Waals surface area (Å²) in [5.41, 5.74) is 0.791. The van der Waals surface area contributed by atoms with Gasteiger partial charge in [0.05, 0.1) is 4.90 Å². The molecule has 0 radical (unpaired) electrons. The Labute approximate surface area is 144 Å². The number of nitrogens with one attached hydrogen (secondary N) is 1. The fourth-order valence-corrected chi connectivity index (χ4v) is 4.51. The van der Waals surface area contributed by atoms with Crippen LogP contribution in [0, 0.1) is 0 Å². The standard InChI is InChI=1S/C14H11Br2NO4S/c15-10-2-3-11(16)14(6-10)22(18,19)17-7-9-1-4-12-13(5-9)21-8-20-12/h1-6,17H,7-8H2. The smallest absolute Gasteiger partial charge is 0.242 e. The van der Waals surface area contributed by atoms with Gasteiger partial charge >= 0.3 is 0 Å². The fourth-order valence-electron chi connectivity index (χ4n) is 1.99. The van der Waals surface area contributed by atoms with Crippen LogP contribution in [0.5, 0.6) is 11.5 Å². The van der Waals surface area contributed by atoms with Crippen LogP contribution >= 0.6 is 31.9 Å². The summed E-state index contributed by atoms with van der Waals surface area (Å²) in [4.78, 5) is 0.183. The predicted octanol–water partition coefficient (Wildman–Crippen LogP) is 3.42. The SMILES string of the molecule is O=S(=O)(NCc1ccc2c(c1)OCO2)c1cc(Br)ccc1Br. The molecule has 1 aliphatic heterocycles. The Morgan fingerprint density at radius 3 is 2.64 bits per heavy atom. The summed E-state index contributed by atoms with van der Waals surface area (Å²) in [6, 6.07) is 10.3. The quantitative estimate of drug-likeness (QED) is 0.778. The van der Waals surface area contributed by atoms with E-state index in [0.717, 1.165) is 5.56 Å². The first-order chi connectivity index (χ1) is 10.5. The molecule has 8 heteroatoms. The number of benzene rings is 2. The zero-order valence-corrected chi connectivity index (χ0v) is 15.2. The number of hydrogen-bond donors (Lipinski definition) is 1. The summed E-state index contributed by atoms with van der Waals surface area (Å²) in [5, 5.41) is 0. The fraction of sp³-hybridized carbons (Fsp3) is 0.143. The van der Waals surface area contributed by atoms with E-state index < -0.39 is 10.0 Å². The first kappa shape index (κ1) is 15.8. The van der Waals surface area contributed by atoms with Crippen LogP contribution in [0.25, 0.3) is 0 Å². The molecule has 0 aliphatic carbocycles. The molecule has 116 valence electrons. The molecule has 1 aliphatic rings. The second kappa shape index (κ2) is 6.19. The molecule has 3 rings (SSSR count). The number of fused-ring (bicyclic) bond motifs is 1. The van der Waals surface area contributed by atoms with Crippen LogP contribution in [-0.4, -0.2) is 15.2 Å². The molecule has 0 amide bonds. The molecule has 22 heavy (non-hydrogen) atoms. The molecule has 5 nitrogen and oxygen atoms in total. The molecular formula is C14H11Br2NO4S. The average molecular weight is 449 g/mol. The van der Waals surface area contributed by atoms with Crippen molar-refractivity contribution in [1.29, 1.82) is 0 Å².